The van der Waals surface area contributed by atoms with Gasteiger partial charge in [-0.05, 0) is 32.5 Å². The van der Waals surface area contributed by atoms with Crippen molar-refractivity contribution in [2.75, 3.05) is 25.5 Å². The number of nitro benzene ring substituents is 1. The van der Waals surface area contributed by atoms with Gasteiger partial charge in [0.25, 0.3) is 5.69 Å². The van der Waals surface area contributed by atoms with Crippen LogP contribution in [0.5, 0.6) is 0 Å². The van der Waals surface area contributed by atoms with Crippen LogP contribution < -0.4 is 5.32 Å². The molecule has 1 aliphatic rings. The lowest BCUT2D eigenvalue weighted by Gasteiger charge is -2.20. The van der Waals surface area contributed by atoms with Gasteiger partial charge in [0.15, 0.2) is 0 Å². The zero-order valence-corrected chi connectivity index (χ0v) is 11.2. The third kappa shape index (κ3) is 2.88. The Morgan fingerprint density at radius 1 is 1.60 bits per heavy atom. The number of carbonyl (C=O) groups is 1. The van der Waals surface area contributed by atoms with Gasteiger partial charge in [-0.3, -0.25) is 10.1 Å². The SMILES string of the molecule is CN1CCCC1CNc1c(C(=O)O)cccc1[N+](=O)[O-]. The molecule has 1 unspecified atom stereocenters. The van der Waals surface area contributed by atoms with Crippen molar-refractivity contribution in [3.8, 4) is 0 Å². The van der Waals surface area contributed by atoms with Crippen molar-refractivity contribution >= 4 is 17.3 Å². The van der Waals surface area contributed by atoms with E-state index in [4.69, 9.17) is 5.11 Å². The maximum Gasteiger partial charge on any atom is 0.338 e. The summed E-state index contributed by atoms with van der Waals surface area (Å²) in [4.78, 5) is 23.8. The molecule has 0 spiro atoms. The van der Waals surface area contributed by atoms with Gasteiger partial charge in [-0.25, -0.2) is 4.79 Å². The van der Waals surface area contributed by atoms with Gasteiger partial charge in [-0.1, -0.05) is 6.07 Å². The van der Waals surface area contributed by atoms with E-state index >= 15 is 0 Å². The number of anilines is 1. The first kappa shape index (κ1) is 14.3. The zero-order valence-electron chi connectivity index (χ0n) is 11.2. The fourth-order valence-corrected chi connectivity index (χ4v) is 2.51. The molecule has 1 aromatic carbocycles. The Morgan fingerprint density at radius 3 is 2.90 bits per heavy atom. The van der Waals surface area contributed by atoms with E-state index in [0.29, 0.717) is 6.54 Å². The third-order valence-electron chi connectivity index (χ3n) is 3.66. The number of nitrogens with zero attached hydrogens (tertiary/aromatic N) is 2. The van der Waals surface area contributed by atoms with E-state index < -0.39 is 10.9 Å². The molecule has 1 heterocycles. The molecule has 0 aromatic heterocycles. The quantitative estimate of drug-likeness (QED) is 0.630. The molecule has 1 atom stereocenters. The van der Waals surface area contributed by atoms with Crippen molar-refractivity contribution in [1.82, 2.24) is 4.90 Å². The first-order chi connectivity index (χ1) is 9.50. The van der Waals surface area contributed by atoms with Gasteiger partial charge in [-0.15, -0.1) is 0 Å². The molecule has 0 radical (unpaired) electrons. The average molecular weight is 279 g/mol. The Labute approximate surface area is 116 Å². The van der Waals surface area contributed by atoms with Crippen molar-refractivity contribution in [1.29, 1.82) is 0 Å². The van der Waals surface area contributed by atoms with E-state index in [-0.39, 0.29) is 23.0 Å². The molecule has 1 saturated heterocycles. The predicted octanol–water partition coefficient (Wildman–Crippen LogP) is 1.80. The fraction of sp³-hybridized carbons (Fsp3) is 0.462. The van der Waals surface area contributed by atoms with Crippen molar-refractivity contribution < 1.29 is 14.8 Å². The second-order valence-corrected chi connectivity index (χ2v) is 4.92. The minimum atomic E-state index is -1.17. The minimum absolute atomic E-state index is 0.0696. The third-order valence-corrected chi connectivity index (χ3v) is 3.66. The highest BCUT2D eigenvalue weighted by atomic mass is 16.6. The number of benzene rings is 1. The Bertz CT molecular complexity index is 500. The Kier molecular flexibility index (Phi) is 4.19. The van der Waals surface area contributed by atoms with E-state index in [1.54, 1.807) is 0 Å². The number of hydrogen-bond donors (Lipinski definition) is 2. The monoisotopic (exact) mass is 279 g/mol. The Morgan fingerprint density at radius 2 is 2.35 bits per heavy atom. The number of aromatic carboxylic acids is 1. The summed E-state index contributed by atoms with van der Waals surface area (Å²) in [5, 5.41) is 23.1. The summed E-state index contributed by atoms with van der Waals surface area (Å²) < 4.78 is 0. The molecular weight excluding hydrogens is 262 g/mol. The Hall–Kier alpha value is -2.15. The van der Waals surface area contributed by atoms with Gasteiger partial charge in [0.1, 0.15) is 5.69 Å². The van der Waals surface area contributed by atoms with Crippen LogP contribution in [0.15, 0.2) is 18.2 Å². The van der Waals surface area contributed by atoms with Crippen LogP contribution in [0.4, 0.5) is 11.4 Å². The number of carboxylic acid groups (broad SMARTS) is 1. The number of likely N-dealkylation sites (tertiary alicyclic amines) is 1. The van der Waals surface area contributed by atoms with E-state index in [1.165, 1.54) is 18.2 Å². The fourth-order valence-electron chi connectivity index (χ4n) is 2.51. The summed E-state index contributed by atoms with van der Waals surface area (Å²) in [6, 6.07) is 4.34. The number of nitro groups is 1. The number of para-hydroxylation sites is 1. The summed E-state index contributed by atoms with van der Waals surface area (Å²) >= 11 is 0. The molecule has 1 aromatic rings. The van der Waals surface area contributed by atoms with Crippen LogP contribution >= 0.6 is 0 Å². The first-order valence-corrected chi connectivity index (χ1v) is 6.45. The van der Waals surface area contributed by atoms with Gasteiger partial charge >= 0.3 is 5.97 Å². The van der Waals surface area contributed by atoms with Crippen LogP contribution in [0.25, 0.3) is 0 Å². The van der Waals surface area contributed by atoms with Crippen LogP contribution in [0.3, 0.4) is 0 Å². The lowest BCUT2D eigenvalue weighted by Crippen LogP contribution is -2.32. The zero-order chi connectivity index (χ0) is 14.7. The summed E-state index contributed by atoms with van der Waals surface area (Å²) in [5.74, 6) is -1.17. The molecule has 0 amide bonds. The van der Waals surface area contributed by atoms with E-state index in [0.717, 1.165) is 19.4 Å². The van der Waals surface area contributed by atoms with Gasteiger partial charge in [0, 0.05) is 18.7 Å². The highest BCUT2D eigenvalue weighted by Crippen LogP contribution is 2.29. The maximum absolute atomic E-state index is 11.2. The van der Waals surface area contributed by atoms with Crippen LogP contribution in [0.1, 0.15) is 23.2 Å². The van der Waals surface area contributed by atoms with Crippen LogP contribution in [-0.4, -0.2) is 47.1 Å². The van der Waals surface area contributed by atoms with Gasteiger partial charge in [0.2, 0.25) is 0 Å². The second-order valence-electron chi connectivity index (χ2n) is 4.92. The van der Waals surface area contributed by atoms with Gasteiger partial charge in [-0.2, -0.15) is 0 Å². The smallest absolute Gasteiger partial charge is 0.338 e. The highest BCUT2D eigenvalue weighted by molar-refractivity contribution is 5.96. The molecule has 1 fully saturated rings. The van der Waals surface area contributed by atoms with Crippen molar-refractivity contribution in [3.63, 3.8) is 0 Å². The van der Waals surface area contributed by atoms with Gasteiger partial charge < -0.3 is 15.3 Å². The topological polar surface area (TPSA) is 95.7 Å². The number of carboxylic acids is 1. The molecule has 0 saturated carbocycles. The minimum Gasteiger partial charge on any atom is -0.478 e. The number of hydrogen-bond acceptors (Lipinski definition) is 5. The molecule has 0 aliphatic carbocycles. The summed E-state index contributed by atoms with van der Waals surface area (Å²) in [7, 11) is 2.00. The van der Waals surface area contributed by atoms with Gasteiger partial charge in [0.05, 0.1) is 10.5 Å². The molecule has 20 heavy (non-hydrogen) atoms. The largest absolute Gasteiger partial charge is 0.478 e. The number of rotatable bonds is 5. The number of likely N-dealkylation sites (N-methyl/N-ethyl adjacent to an activating group) is 1. The molecule has 2 N–H and O–H groups in total. The maximum atomic E-state index is 11.2. The molecule has 1 aliphatic heterocycles. The normalized spacial score (nSPS) is 18.9. The predicted molar refractivity (Wildman–Crippen MR) is 74.2 cm³/mol. The lowest BCUT2D eigenvalue weighted by molar-refractivity contribution is -0.384. The summed E-state index contributed by atoms with van der Waals surface area (Å²) in [5.41, 5.74) is -0.185. The van der Waals surface area contributed by atoms with Crippen LogP contribution in [0.2, 0.25) is 0 Å². The van der Waals surface area contributed by atoms with E-state index in [9.17, 15) is 14.9 Å². The first-order valence-electron chi connectivity index (χ1n) is 6.45. The summed E-state index contributed by atoms with van der Waals surface area (Å²) in [6.07, 6.45) is 2.10. The Balaban J connectivity index is 2.24. The second kappa shape index (κ2) is 5.87. The molecule has 0 bridgehead atoms. The lowest BCUT2D eigenvalue weighted by atomic mass is 10.1. The van der Waals surface area contributed by atoms with Crippen molar-refractivity contribution in [2.45, 2.75) is 18.9 Å². The standard InChI is InChI=1S/C13H17N3O4/c1-15-7-3-4-9(15)8-14-12-10(13(17)18)5-2-6-11(12)16(19)20/h2,5-6,9,14H,3-4,7-8H2,1H3,(H,17,18). The van der Waals surface area contributed by atoms with E-state index in [2.05, 4.69) is 10.2 Å². The molecule has 7 heteroatoms. The summed E-state index contributed by atoms with van der Waals surface area (Å²) in [6.45, 7) is 1.50. The molecule has 7 nitrogen and oxygen atoms in total. The van der Waals surface area contributed by atoms with Crippen molar-refractivity contribution in [3.05, 3.63) is 33.9 Å². The number of nitrogens with one attached hydrogen (secondary N) is 1. The molecule has 108 valence electrons. The van der Waals surface area contributed by atoms with Crippen molar-refractivity contribution in [2.24, 2.45) is 0 Å². The highest BCUT2D eigenvalue weighted by Gasteiger charge is 2.25. The van der Waals surface area contributed by atoms with Crippen LogP contribution in [0, 0.1) is 10.1 Å². The molecule has 2 rings (SSSR count). The van der Waals surface area contributed by atoms with E-state index in [1.807, 2.05) is 7.05 Å². The average Bonchev–Trinajstić information content (AvgIpc) is 2.81. The van der Waals surface area contributed by atoms with Crippen LogP contribution in [-0.2, 0) is 0 Å². The molecular formula is C13H17N3O4.